The zero-order valence-electron chi connectivity index (χ0n) is 7.78. The number of nitrogens with zero attached hydrogens (tertiary/aromatic N) is 1. The van der Waals surface area contributed by atoms with E-state index in [2.05, 4.69) is 4.90 Å². The molecule has 0 aromatic heterocycles. The molecule has 0 saturated carbocycles. The van der Waals surface area contributed by atoms with Gasteiger partial charge in [0.15, 0.2) is 0 Å². The molecule has 0 amide bonds. The summed E-state index contributed by atoms with van der Waals surface area (Å²) in [4.78, 5) is 2.34. The van der Waals surface area contributed by atoms with Crippen LogP contribution in [0.2, 0.25) is 0 Å². The van der Waals surface area contributed by atoms with Crippen LogP contribution in [0.3, 0.4) is 0 Å². The third-order valence-electron chi connectivity index (χ3n) is 2.33. The zero-order chi connectivity index (χ0) is 9.73. The molecular formula is C8H17NO3S. The lowest BCUT2D eigenvalue weighted by Crippen LogP contribution is -2.20. The summed E-state index contributed by atoms with van der Waals surface area (Å²) in [5.74, 6) is -0.0964. The highest BCUT2D eigenvalue weighted by Gasteiger charge is 2.11. The zero-order valence-corrected chi connectivity index (χ0v) is 8.59. The maximum atomic E-state index is 10.4. The van der Waals surface area contributed by atoms with Gasteiger partial charge in [-0.1, -0.05) is 0 Å². The normalized spacial score (nSPS) is 19.5. The molecule has 5 heteroatoms. The summed E-state index contributed by atoms with van der Waals surface area (Å²) >= 11 is 0. The maximum absolute atomic E-state index is 10.4. The van der Waals surface area contributed by atoms with E-state index >= 15 is 0 Å². The molecule has 1 heterocycles. The van der Waals surface area contributed by atoms with Gasteiger partial charge in [0.05, 0.1) is 5.75 Å². The average Bonchev–Trinajstić information content (AvgIpc) is 2.48. The average molecular weight is 207 g/mol. The van der Waals surface area contributed by atoms with Gasteiger partial charge in [0.1, 0.15) is 0 Å². The Hall–Kier alpha value is -0.130. The molecule has 1 aliphatic rings. The molecule has 1 rings (SSSR count). The van der Waals surface area contributed by atoms with E-state index in [4.69, 9.17) is 4.55 Å². The van der Waals surface area contributed by atoms with Crippen molar-refractivity contribution in [3.63, 3.8) is 0 Å². The SMILES string of the molecule is O=S(=O)(O)CCCCN1CCCC1. The molecule has 1 aliphatic heterocycles. The Morgan fingerprint density at radius 3 is 2.31 bits per heavy atom. The Bertz CT molecular complexity index is 232. The molecule has 13 heavy (non-hydrogen) atoms. The van der Waals surface area contributed by atoms with Crippen LogP contribution in [0.4, 0.5) is 0 Å². The molecule has 0 atom stereocenters. The van der Waals surface area contributed by atoms with Crippen molar-refractivity contribution >= 4 is 10.1 Å². The van der Waals surface area contributed by atoms with Crippen LogP contribution < -0.4 is 0 Å². The second kappa shape index (κ2) is 4.93. The first-order valence-corrected chi connectivity index (χ1v) is 6.36. The predicted octanol–water partition coefficient (Wildman–Crippen LogP) is 0.750. The van der Waals surface area contributed by atoms with Crippen LogP contribution in [0.1, 0.15) is 25.7 Å². The third-order valence-corrected chi connectivity index (χ3v) is 3.13. The summed E-state index contributed by atoms with van der Waals surface area (Å²) in [6, 6.07) is 0. The van der Waals surface area contributed by atoms with Crippen molar-refractivity contribution in [2.24, 2.45) is 0 Å². The molecule has 1 N–H and O–H groups in total. The third kappa shape index (κ3) is 5.23. The topological polar surface area (TPSA) is 57.6 Å². The first-order chi connectivity index (χ1) is 6.08. The number of unbranched alkanes of at least 4 members (excludes halogenated alkanes) is 1. The summed E-state index contributed by atoms with van der Waals surface area (Å²) < 4.78 is 29.2. The Morgan fingerprint density at radius 2 is 1.77 bits per heavy atom. The summed E-state index contributed by atoms with van der Waals surface area (Å²) in [7, 11) is -3.74. The fourth-order valence-electron chi connectivity index (χ4n) is 1.63. The van der Waals surface area contributed by atoms with E-state index in [9.17, 15) is 8.42 Å². The lowest BCUT2D eigenvalue weighted by Gasteiger charge is -2.13. The fourth-order valence-corrected chi connectivity index (χ4v) is 2.20. The molecule has 0 spiro atoms. The highest BCUT2D eigenvalue weighted by Crippen LogP contribution is 2.08. The van der Waals surface area contributed by atoms with Crippen molar-refractivity contribution in [1.29, 1.82) is 0 Å². The monoisotopic (exact) mass is 207 g/mol. The summed E-state index contributed by atoms with van der Waals surface area (Å²) in [6.45, 7) is 3.26. The van der Waals surface area contributed by atoms with E-state index < -0.39 is 10.1 Å². The van der Waals surface area contributed by atoms with Crippen molar-refractivity contribution < 1.29 is 13.0 Å². The predicted molar refractivity (Wildman–Crippen MR) is 51.3 cm³/mol. The molecule has 0 bridgehead atoms. The molecule has 0 unspecified atom stereocenters. The molecule has 0 aromatic rings. The van der Waals surface area contributed by atoms with Crippen LogP contribution in [0.25, 0.3) is 0 Å². The minimum absolute atomic E-state index is 0.0964. The molecule has 4 nitrogen and oxygen atoms in total. The number of hydrogen-bond acceptors (Lipinski definition) is 3. The van der Waals surface area contributed by atoms with Gasteiger partial charge in [0.25, 0.3) is 10.1 Å². The molecule has 0 aliphatic carbocycles. The van der Waals surface area contributed by atoms with Crippen molar-refractivity contribution in [2.75, 3.05) is 25.4 Å². The van der Waals surface area contributed by atoms with E-state index in [-0.39, 0.29) is 5.75 Å². The second-order valence-corrected chi connectivity index (χ2v) is 5.11. The van der Waals surface area contributed by atoms with Gasteiger partial charge in [-0.25, -0.2) is 0 Å². The van der Waals surface area contributed by atoms with E-state index in [1.165, 1.54) is 12.8 Å². The van der Waals surface area contributed by atoms with Gasteiger partial charge < -0.3 is 4.90 Å². The lowest BCUT2D eigenvalue weighted by molar-refractivity contribution is 0.332. The van der Waals surface area contributed by atoms with Crippen LogP contribution in [0, 0.1) is 0 Å². The van der Waals surface area contributed by atoms with Gasteiger partial charge in [0, 0.05) is 0 Å². The molecule has 78 valence electrons. The van der Waals surface area contributed by atoms with Gasteiger partial charge in [-0.05, 0) is 45.3 Å². The molecule has 0 radical (unpaired) electrons. The van der Waals surface area contributed by atoms with Gasteiger partial charge in [-0.2, -0.15) is 8.42 Å². The maximum Gasteiger partial charge on any atom is 0.264 e. The smallest absolute Gasteiger partial charge is 0.264 e. The lowest BCUT2D eigenvalue weighted by atomic mass is 10.3. The molecule has 1 fully saturated rings. The van der Waals surface area contributed by atoms with Crippen LogP contribution in [-0.4, -0.2) is 43.3 Å². The van der Waals surface area contributed by atoms with E-state index in [1.807, 2.05) is 0 Å². The molecular weight excluding hydrogens is 190 g/mol. The van der Waals surface area contributed by atoms with Gasteiger partial charge in [-0.3, -0.25) is 4.55 Å². The summed E-state index contributed by atoms with van der Waals surface area (Å²) in [5.41, 5.74) is 0. The Morgan fingerprint density at radius 1 is 1.15 bits per heavy atom. The first-order valence-electron chi connectivity index (χ1n) is 4.75. The Kier molecular flexibility index (Phi) is 4.15. The second-order valence-electron chi connectivity index (χ2n) is 3.54. The number of rotatable bonds is 5. The van der Waals surface area contributed by atoms with Gasteiger partial charge >= 0.3 is 0 Å². The van der Waals surface area contributed by atoms with Gasteiger partial charge in [0.2, 0.25) is 0 Å². The van der Waals surface area contributed by atoms with Gasteiger partial charge in [-0.15, -0.1) is 0 Å². The van der Waals surface area contributed by atoms with E-state index in [1.54, 1.807) is 0 Å². The summed E-state index contributed by atoms with van der Waals surface area (Å²) in [6.07, 6.45) is 3.95. The minimum Gasteiger partial charge on any atom is -0.303 e. The quantitative estimate of drug-likeness (QED) is 0.534. The minimum atomic E-state index is -3.74. The fraction of sp³-hybridized carbons (Fsp3) is 1.00. The number of likely N-dealkylation sites (tertiary alicyclic amines) is 1. The highest BCUT2D eigenvalue weighted by atomic mass is 32.2. The Balaban J connectivity index is 2.01. The van der Waals surface area contributed by atoms with Crippen LogP contribution >= 0.6 is 0 Å². The van der Waals surface area contributed by atoms with E-state index in [0.29, 0.717) is 6.42 Å². The molecule has 0 aromatic carbocycles. The Labute approximate surface area is 79.7 Å². The number of hydrogen-bond donors (Lipinski definition) is 1. The van der Waals surface area contributed by atoms with E-state index in [0.717, 1.165) is 26.1 Å². The largest absolute Gasteiger partial charge is 0.303 e. The highest BCUT2D eigenvalue weighted by molar-refractivity contribution is 7.85. The standard InChI is InChI=1S/C8H17NO3S/c10-13(11,12)8-4-3-7-9-5-1-2-6-9/h1-8H2,(H,10,11,12). The van der Waals surface area contributed by atoms with Crippen molar-refractivity contribution in [3.8, 4) is 0 Å². The van der Waals surface area contributed by atoms with Crippen molar-refractivity contribution in [1.82, 2.24) is 4.90 Å². The summed E-state index contributed by atoms with van der Waals surface area (Å²) in [5, 5.41) is 0. The first kappa shape index (κ1) is 10.9. The van der Waals surface area contributed by atoms with Crippen molar-refractivity contribution in [2.45, 2.75) is 25.7 Å². The van der Waals surface area contributed by atoms with Crippen LogP contribution in [0.15, 0.2) is 0 Å². The van der Waals surface area contributed by atoms with Crippen LogP contribution in [0.5, 0.6) is 0 Å². The van der Waals surface area contributed by atoms with Crippen molar-refractivity contribution in [3.05, 3.63) is 0 Å². The molecule has 1 saturated heterocycles. The van der Waals surface area contributed by atoms with Crippen LogP contribution in [-0.2, 0) is 10.1 Å².